The van der Waals surface area contributed by atoms with E-state index < -0.39 is 0 Å². The molecule has 0 N–H and O–H groups in total. The summed E-state index contributed by atoms with van der Waals surface area (Å²) in [6.07, 6.45) is 0. The Labute approximate surface area is 122 Å². The number of piperazine rings is 1. The molecule has 2 rings (SSSR count). The van der Waals surface area contributed by atoms with E-state index in [1.54, 1.807) is 11.3 Å². The first-order valence-electron chi connectivity index (χ1n) is 5.52. The summed E-state index contributed by atoms with van der Waals surface area (Å²) in [5.74, 6) is 0.158. The summed E-state index contributed by atoms with van der Waals surface area (Å²) in [5, 5.41) is 2.91. The summed E-state index contributed by atoms with van der Waals surface area (Å²) >= 11 is 8.39. The van der Waals surface area contributed by atoms with Gasteiger partial charge in [-0.2, -0.15) is 0 Å². The van der Waals surface area contributed by atoms with E-state index in [9.17, 15) is 4.79 Å². The molecule has 2 heterocycles. The highest BCUT2D eigenvalue weighted by atomic mass is 79.9. The topological polar surface area (TPSA) is 23.6 Å². The molecule has 1 aliphatic rings. The average Bonchev–Trinajstić information content (AvgIpc) is 2.76. The number of rotatable bonds is 3. The molecular formula is C11H14Br2N2OS. The van der Waals surface area contributed by atoms with E-state index in [0.717, 1.165) is 47.4 Å². The maximum absolute atomic E-state index is 12.2. The molecule has 1 fully saturated rings. The SMILES string of the molecule is O=C(c1csc(Br)c1)N1CCN(CCBr)CC1. The predicted octanol–water partition coefficient (Wildman–Crippen LogP) is 2.66. The van der Waals surface area contributed by atoms with Crippen LogP contribution in [0.15, 0.2) is 15.2 Å². The van der Waals surface area contributed by atoms with Gasteiger partial charge in [0.05, 0.1) is 9.35 Å². The summed E-state index contributed by atoms with van der Waals surface area (Å²) in [7, 11) is 0. The van der Waals surface area contributed by atoms with Gasteiger partial charge in [0.2, 0.25) is 0 Å². The standard InChI is InChI=1S/C11H14Br2N2OS/c12-1-2-14-3-5-15(6-4-14)11(16)9-7-10(13)17-8-9/h7-8H,1-6H2. The number of nitrogens with zero attached hydrogens (tertiary/aromatic N) is 2. The molecule has 0 atom stereocenters. The van der Waals surface area contributed by atoms with E-state index in [1.807, 2.05) is 16.3 Å². The van der Waals surface area contributed by atoms with E-state index in [1.165, 1.54) is 0 Å². The molecule has 1 amide bonds. The molecule has 1 aromatic rings. The molecular weight excluding hydrogens is 368 g/mol. The molecule has 3 nitrogen and oxygen atoms in total. The van der Waals surface area contributed by atoms with Crippen molar-refractivity contribution in [3.05, 3.63) is 20.8 Å². The molecule has 0 unspecified atom stereocenters. The van der Waals surface area contributed by atoms with Crippen molar-refractivity contribution < 1.29 is 4.79 Å². The van der Waals surface area contributed by atoms with Crippen LogP contribution in [0.3, 0.4) is 0 Å². The third kappa shape index (κ3) is 3.53. The minimum atomic E-state index is 0.158. The molecule has 0 radical (unpaired) electrons. The van der Waals surface area contributed by atoms with E-state index in [4.69, 9.17) is 0 Å². The van der Waals surface area contributed by atoms with Crippen LogP contribution in [0.5, 0.6) is 0 Å². The molecule has 1 saturated heterocycles. The summed E-state index contributed by atoms with van der Waals surface area (Å²) in [6.45, 7) is 4.68. The van der Waals surface area contributed by atoms with Gasteiger partial charge in [0.25, 0.3) is 5.91 Å². The highest BCUT2D eigenvalue weighted by Gasteiger charge is 2.22. The van der Waals surface area contributed by atoms with Crippen LogP contribution >= 0.6 is 43.2 Å². The second kappa shape index (κ2) is 6.31. The third-order valence-electron chi connectivity index (χ3n) is 2.87. The van der Waals surface area contributed by atoms with Crippen molar-refractivity contribution >= 4 is 49.1 Å². The zero-order valence-electron chi connectivity index (χ0n) is 9.36. The first kappa shape index (κ1) is 13.5. The normalized spacial score (nSPS) is 17.4. The summed E-state index contributed by atoms with van der Waals surface area (Å²) in [6, 6.07) is 1.90. The van der Waals surface area contributed by atoms with Gasteiger partial charge in [0.15, 0.2) is 0 Å². The minimum Gasteiger partial charge on any atom is -0.336 e. The first-order valence-corrected chi connectivity index (χ1v) is 8.32. The number of amides is 1. The second-order valence-corrected chi connectivity index (χ2v) is 7.05. The molecule has 0 aromatic carbocycles. The lowest BCUT2D eigenvalue weighted by Gasteiger charge is -2.34. The van der Waals surface area contributed by atoms with Crippen LogP contribution in [0.1, 0.15) is 10.4 Å². The van der Waals surface area contributed by atoms with Gasteiger partial charge in [0.1, 0.15) is 0 Å². The smallest absolute Gasteiger partial charge is 0.254 e. The van der Waals surface area contributed by atoms with Crippen LogP contribution in [0.25, 0.3) is 0 Å². The monoisotopic (exact) mass is 380 g/mol. The number of hydrogen-bond donors (Lipinski definition) is 0. The lowest BCUT2D eigenvalue weighted by Crippen LogP contribution is -2.49. The fourth-order valence-corrected chi connectivity index (χ4v) is 3.53. The van der Waals surface area contributed by atoms with Crippen LogP contribution in [0.2, 0.25) is 0 Å². The van der Waals surface area contributed by atoms with Gasteiger partial charge in [-0.15, -0.1) is 11.3 Å². The van der Waals surface area contributed by atoms with E-state index in [0.29, 0.717) is 0 Å². The van der Waals surface area contributed by atoms with E-state index in [2.05, 4.69) is 36.8 Å². The van der Waals surface area contributed by atoms with Crippen molar-refractivity contribution in [2.75, 3.05) is 38.1 Å². The fraction of sp³-hybridized carbons (Fsp3) is 0.545. The third-order valence-corrected chi connectivity index (χ3v) is 4.73. The maximum atomic E-state index is 12.2. The Morgan fingerprint density at radius 3 is 2.59 bits per heavy atom. The van der Waals surface area contributed by atoms with Crippen LogP contribution in [0.4, 0.5) is 0 Å². The number of carbonyl (C=O) groups excluding carboxylic acids is 1. The fourth-order valence-electron chi connectivity index (χ4n) is 1.90. The molecule has 1 aromatic heterocycles. The van der Waals surface area contributed by atoms with Crippen molar-refractivity contribution in [2.24, 2.45) is 0 Å². The molecule has 1 aliphatic heterocycles. The van der Waals surface area contributed by atoms with Gasteiger partial charge < -0.3 is 4.90 Å². The Bertz CT molecular complexity index is 389. The van der Waals surface area contributed by atoms with Gasteiger partial charge in [-0.3, -0.25) is 9.69 Å². The number of hydrogen-bond acceptors (Lipinski definition) is 3. The number of halogens is 2. The summed E-state index contributed by atoms with van der Waals surface area (Å²) < 4.78 is 1.01. The van der Waals surface area contributed by atoms with Crippen LogP contribution < -0.4 is 0 Å². The average molecular weight is 382 g/mol. The lowest BCUT2D eigenvalue weighted by atomic mass is 10.2. The Hall–Kier alpha value is 0.0900. The Kier molecular flexibility index (Phi) is 5.02. The van der Waals surface area contributed by atoms with Crippen molar-refractivity contribution in [2.45, 2.75) is 0 Å². The van der Waals surface area contributed by atoms with E-state index >= 15 is 0 Å². The Morgan fingerprint density at radius 2 is 2.06 bits per heavy atom. The van der Waals surface area contributed by atoms with Crippen molar-refractivity contribution in [3.8, 4) is 0 Å². The largest absolute Gasteiger partial charge is 0.336 e. The highest BCUT2D eigenvalue weighted by Crippen LogP contribution is 2.22. The minimum absolute atomic E-state index is 0.158. The van der Waals surface area contributed by atoms with Crippen molar-refractivity contribution in [1.82, 2.24) is 9.80 Å². The lowest BCUT2D eigenvalue weighted by molar-refractivity contribution is 0.0645. The van der Waals surface area contributed by atoms with Gasteiger partial charge in [-0.1, -0.05) is 15.9 Å². The predicted molar refractivity (Wildman–Crippen MR) is 78.2 cm³/mol. The quantitative estimate of drug-likeness (QED) is 0.751. The van der Waals surface area contributed by atoms with Crippen LogP contribution in [-0.4, -0.2) is 53.8 Å². The zero-order chi connectivity index (χ0) is 12.3. The number of thiophene rings is 1. The molecule has 0 spiro atoms. The van der Waals surface area contributed by atoms with Gasteiger partial charge >= 0.3 is 0 Å². The van der Waals surface area contributed by atoms with Crippen LogP contribution in [-0.2, 0) is 0 Å². The number of alkyl halides is 1. The molecule has 0 bridgehead atoms. The summed E-state index contributed by atoms with van der Waals surface area (Å²) in [4.78, 5) is 16.5. The maximum Gasteiger partial charge on any atom is 0.254 e. The Balaban J connectivity index is 1.90. The van der Waals surface area contributed by atoms with Gasteiger partial charge in [-0.05, 0) is 22.0 Å². The Morgan fingerprint density at radius 1 is 1.35 bits per heavy atom. The van der Waals surface area contributed by atoms with Gasteiger partial charge in [0, 0.05) is 43.4 Å². The van der Waals surface area contributed by atoms with E-state index in [-0.39, 0.29) is 5.91 Å². The first-order chi connectivity index (χ1) is 8.20. The van der Waals surface area contributed by atoms with Crippen molar-refractivity contribution in [3.63, 3.8) is 0 Å². The molecule has 17 heavy (non-hydrogen) atoms. The van der Waals surface area contributed by atoms with Gasteiger partial charge in [-0.25, -0.2) is 0 Å². The molecule has 94 valence electrons. The summed E-state index contributed by atoms with van der Waals surface area (Å²) in [5.41, 5.74) is 0.802. The van der Waals surface area contributed by atoms with Crippen LogP contribution in [0, 0.1) is 0 Å². The molecule has 0 saturated carbocycles. The zero-order valence-corrected chi connectivity index (χ0v) is 13.4. The highest BCUT2D eigenvalue weighted by molar-refractivity contribution is 9.11. The molecule has 0 aliphatic carbocycles. The number of carbonyl (C=O) groups is 1. The molecule has 6 heteroatoms. The van der Waals surface area contributed by atoms with Crippen molar-refractivity contribution in [1.29, 1.82) is 0 Å². The second-order valence-electron chi connectivity index (χ2n) is 3.96.